The second-order valence-corrected chi connectivity index (χ2v) is 8.13. The molecule has 0 radical (unpaired) electrons. The van der Waals surface area contributed by atoms with Crippen molar-refractivity contribution in [2.24, 2.45) is 0 Å². The van der Waals surface area contributed by atoms with Crippen molar-refractivity contribution in [1.29, 1.82) is 0 Å². The molecule has 0 aliphatic carbocycles. The number of nitrogens with zero attached hydrogens (tertiary/aromatic N) is 3. The molecular weight excluding hydrogens is 396 g/mol. The van der Waals surface area contributed by atoms with Gasteiger partial charge in [-0.25, -0.2) is 0 Å². The Balaban J connectivity index is 1.39. The maximum atomic E-state index is 12.5. The first-order chi connectivity index (χ1) is 13.7. The standard InChI is InChI=1S/C20H21ClN4O2S/c21-14-6-7-16(25-10-2-1-3-11-25)15(13-14)22-18(26)8-9-19-23-20(24-27-19)17-5-4-12-28-17/h4-7,12-13H,1-3,8-11H2,(H,22,26). The van der Waals surface area contributed by atoms with Crippen LogP contribution in [-0.4, -0.2) is 29.1 Å². The van der Waals surface area contributed by atoms with Crippen molar-refractivity contribution < 1.29 is 9.32 Å². The molecule has 0 bridgehead atoms. The summed E-state index contributed by atoms with van der Waals surface area (Å²) in [5.41, 5.74) is 1.78. The number of amides is 1. The van der Waals surface area contributed by atoms with Gasteiger partial charge in [-0.1, -0.05) is 22.8 Å². The predicted molar refractivity (Wildman–Crippen MR) is 112 cm³/mol. The van der Waals surface area contributed by atoms with Crippen molar-refractivity contribution in [3.63, 3.8) is 0 Å². The van der Waals surface area contributed by atoms with Gasteiger partial charge in [0, 0.05) is 31.0 Å². The summed E-state index contributed by atoms with van der Waals surface area (Å²) < 4.78 is 5.26. The minimum atomic E-state index is -0.101. The van der Waals surface area contributed by atoms with Crippen LogP contribution in [0.25, 0.3) is 10.7 Å². The fourth-order valence-electron chi connectivity index (χ4n) is 3.31. The monoisotopic (exact) mass is 416 g/mol. The Morgan fingerprint density at radius 2 is 2.11 bits per heavy atom. The van der Waals surface area contributed by atoms with Gasteiger partial charge in [-0.05, 0) is 48.9 Å². The number of benzene rings is 1. The number of thiophene rings is 1. The van der Waals surface area contributed by atoms with Crippen molar-refractivity contribution in [1.82, 2.24) is 10.1 Å². The lowest BCUT2D eigenvalue weighted by Gasteiger charge is -2.30. The second-order valence-electron chi connectivity index (χ2n) is 6.75. The Kier molecular flexibility index (Phi) is 5.92. The van der Waals surface area contributed by atoms with Gasteiger partial charge in [-0.15, -0.1) is 11.3 Å². The number of anilines is 2. The van der Waals surface area contributed by atoms with Crippen LogP contribution in [-0.2, 0) is 11.2 Å². The van der Waals surface area contributed by atoms with E-state index in [-0.39, 0.29) is 12.3 Å². The molecule has 6 nitrogen and oxygen atoms in total. The topological polar surface area (TPSA) is 71.3 Å². The smallest absolute Gasteiger partial charge is 0.227 e. The summed E-state index contributed by atoms with van der Waals surface area (Å²) in [6.45, 7) is 2.00. The van der Waals surface area contributed by atoms with E-state index in [4.69, 9.17) is 16.1 Å². The van der Waals surface area contributed by atoms with Crippen LogP contribution in [0, 0.1) is 0 Å². The van der Waals surface area contributed by atoms with Crippen LogP contribution < -0.4 is 10.2 Å². The molecule has 1 aromatic carbocycles. The molecule has 1 N–H and O–H groups in total. The molecule has 4 rings (SSSR count). The third-order valence-electron chi connectivity index (χ3n) is 4.71. The maximum Gasteiger partial charge on any atom is 0.227 e. The van der Waals surface area contributed by atoms with Crippen LogP contribution in [0.1, 0.15) is 31.6 Å². The van der Waals surface area contributed by atoms with Gasteiger partial charge >= 0.3 is 0 Å². The zero-order valence-electron chi connectivity index (χ0n) is 15.4. The van der Waals surface area contributed by atoms with Crippen molar-refractivity contribution in [3.05, 3.63) is 46.6 Å². The quantitative estimate of drug-likeness (QED) is 0.611. The number of hydrogen-bond acceptors (Lipinski definition) is 6. The van der Waals surface area contributed by atoms with E-state index in [1.165, 1.54) is 19.3 Å². The zero-order valence-corrected chi connectivity index (χ0v) is 16.9. The van der Waals surface area contributed by atoms with Gasteiger partial charge in [0.2, 0.25) is 17.6 Å². The number of halogens is 1. The molecule has 1 aliphatic rings. The fourth-order valence-corrected chi connectivity index (χ4v) is 4.14. The van der Waals surface area contributed by atoms with Gasteiger partial charge in [-0.2, -0.15) is 4.98 Å². The van der Waals surface area contributed by atoms with Crippen molar-refractivity contribution in [2.75, 3.05) is 23.3 Å². The van der Waals surface area contributed by atoms with Gasteiger partial charge < -0.3 is 14.7 Å². The molecule has 0 saturated carbocycles. The number of aryl methyl sites for hydroxylation is 1. The average Bonchev–Trinajstić information content (AvgIpc) is 3.39. The highest BCUT2D eigenvalue weighted by atomic mass is 35.5. The normalized spacial score (nSPS) is 14.2. The lowest BCUT2D eigenvalue weighted by molar-refractivity contribution is -0.116. The Bertz CT molecular complexity index is 936. The number of aromatic nitrogens is 2. The number of rotatable bonds is 6. The summed E-state index contributed by atoms with van der Waals surface area (Å²) in [5.74, 6) is 0.921. The number of carbonyl (C=O) groups is 1. The van der Waals surface area contributed by atoms with Crippen molar-refractivity contribution >= 4 is 40.2 Å². The first-order valence-electron chi connectivity index (χ1n) is 9.40. The molecule has 0 unspecified atom stereocenters. The van der Waals surface area contributed by atoms with Crippen LogP contribution in [0.5, 0.6) is 0 Å². The van der Waals surface area contributed by atoms with Gasteiger partial charge in [0.1, 0.15) is 0 Å². The molecule has 1 amide bonds. The first kappa shape index (κ1) is 19.0. The van der Waals surface area contributed by atoms with Crippen molar-refractivity contribution in [2.45, 2.75) is 32.1 Å². The van der Waals surface area contributed by atoms with E-state index in [1.54, 1.807) is 11.3 Å². The molecule has 28 heavy (non-hydrogen) atoms. The van der Waals surface area contributed by atoms with Crippen LogP contribution in [0.3, 0.4) is 0 Å². The minimum absolute atomic E-state index is 0.101. The Morgan fingerprint density at radius 3 is 2.89 bits per heavy atom. The van der Waals surface area contributed by atoms with E-state index in [1.807, 2.05) is 35.7 Å². The van der Waals surface area contributed by atoms with Crippen LogP contribution in [0.15, 0.2) is 40.2 Å². The molecule has 0 spiro atoms. The molecule has 0 atom stereocenters. The number of hydrogen-bond donors (Lipinski definition) is 1. The van der Waals surface area contributed by atoms with Crippen LogP contribution in [0.2, 0.25) is 5.02 Å². The fraction of sp³-hybridized carbons (Fsp3) is 0.350. The number of carbonyl (C=O) groups excluding carboxylic acids is 1. The summed E-state index contributed by atoms with van der Waals surface area (Å²) in [5, 5.41) is 9.54. The summed E-state index contributed by atoms with van der Waals surface area (Å²) in [6.07, 6.45) is 4.24. The molecule has 3 heterocycles. The molecule has 146 valence electrons. The highest BCUT2D eigenvalue weighted by molar-refractivity contribution is 7.13. The lowest BCUT2D eigenvalue weighted by atomic mass is 10.1. The van der Waals surface area contributed by atoms with Gasteiger partial charge in [0.05, 0.1) is 16.3 Å². The molecule has 1 aliphatic heterocycles. The van der Waals surface area contributed by atoms with Crippen LogP contribution in [0.4, 0.5) is 11.4 Å². The van der Waals surface area contributed by atoms with Crippen molar-refractivity contribution in [3.8, 4) is 10.7 Å². The first-order valence-corrected chi connectivity index (χ1v) is 10.7. The van der Waals surface area contributed by atoms with E-state index >= 15 is 0 Å². The van der Waals surface area contributed by atoms with E-state index in [2.05, 4.69) is 20.4 Å². The van der Waals surface area contributed by atoms with Gasteiger partial charge in [0.25, 0.3) is 0 Å². The summed E-state index contributed by atoms with van der Waals surface area (Å²) in [4.78, 5) is 20.1. The maximum absolute atomic E-state index is 12.5. The third-order valence-corrected chi connectivity index (χ3v) is 5.81. The zero-order chi connectivity index (χ0) is 19.3. The molecule has 1 saturated heterocycles. The minimum Gasteiger partial charge on any atom is -0.370 e. The Labute approximate surface area is 172 Å². The number of piperidine rings is 1. The largest absolute Gasteiger partial charge is 0.370 e. The van der Waals surface area contributed by atoms with Crippen LogP contribution >= 0.6 is 22.9 Å². The Hall–Kier alpha value is -2.38. The molecule has 3 aromatic rings. The number of nitrogens with one attached hydrogen (secondary N) is 1. The van der Waals surface area contributed by atoms with Gasteiger partial charge in [0.15, 0.2) is 0 Å². The molecular formula is C20H21ClN4O2S. The summed E-state index contributed by atoms with van der Waals surface area (Å²) in [6, 6.07) is 9.53. The summed E-state index contributed by atoms with van der Waals surface area (Å²) >= 11 is 7.71. The van der Waals surface area contributed by atoms with Gasteiger partial charge in [-0.3, -0.25) is 4.79 Å². The second kappa shape index (κ2) is 8.75. The highest BCUT2D eigenvalue weighted by Gasteiger charge is 2.17. The molecule has 8 heteroatoms. The lowest BCUT2D eigenvalue weighted by Crippen LogP contribution is -2.30. The van der Waals surface area contributed by atoms with E-state index in [0.717, 1.165) is 29.3 Å². The third kappa shape index (κ3) is 4.54. The Morgan fingerprint density at radius 1 is 1.25 bits per heavy atom. The van der Waals surface area contributed by atoms with E-state index < -0.39 is 0 Å². The SMILES string of the molecule is O=C(CCc1nc(-c2cccs2)no1)Nc1cc(Cl)ccc1N1CCCCC1. The molecule has 1 fully saturated rings. The predicted octanol–water partition coefficient (Wildman–Crippen LogP) is 5.01. The molecule has 2 aromatic heterocycles. The van der Waals surface area contributed by atoms with E-state index in [0.29, 0.717) is 23.2 Å². The van der Waals surface area contributed by atoms with E-state index in [9.17, 15) is 4.79 Å². The summed E-state index contributed by atoms with van der Waals surface area (Å²) in [7, 11) is 0. The highest BCUT2D eigenvalue weighted by Crippen LogP contribution is 2.31. The average molecular weight is 417 g/mol.